The van der Waals surface area contributed by atoms with Crippen LogP contribution >= 0.6 is 0 Å². The molecule has 0 bridgehead atoms. The van der Waals surface area contributed by atoms with Gasteiger partial charge in [0, 0.05) is 49.4 Å². The SMILES string of the molecule is CN/C=C(\CN)c1cnc2ccc(Nc3cccc([N+](=O)[O-])c3)nc2c1. The van der Waals surface area contributed by atoms with Crippen molar-refractivity contribution in [2.45, 2.75) is 0 Å². The van der Waals surface area contributed by atoms with Gasteiger partial charge in [-0.3, -0.25) is 15.1 Å². The van der Waals surface area contributed by atoms with Crippen LogP contribution in [-0.4, -0.2) is 28.5 Å². The van der Waals surface area contributed by atoms with Gasteiger partial charge in [-0.15, -0.1) is 0 Å². The molecule has 2 heterocycles. The van der Waals surface area contributed by atoms with E-state index in [1.807, 2.05) is 25.4 Å². The van der Waals surface area contributed by atoms with Crippen LogP contribution in [0.4, 0.5) is 17.2 Å². The molecule has 2 aromatic heterocycles. The second kappa shape index (κ2) is 7.58. The molecule has 0 aliphatic heterocycles. The average Bonchev–Trinajstić information content (AvgIpc) is 2.65. The van der Waals surface area contributed by atoms with E-state index in [1.54, 1.807) is 24.4 Å². The number of benzene rings is 1. The van der Waals surface area contributed by atoms with Crippen molar-refractivity contribution in [1.29, 1.82) is 0 Å². The van der Waals surface area contributed by atoms with E-state index >= 15 is 0 Å². The van der Waals surface area contributed by atoms with Crippen LogP contribution in [0, 0.1) is 10.1 Å². The zero-order valence-electron chi connectivity index (χ0n) is 14.1. The molecule has 0 fully saturated rings. The van der Waals surface area contributed by atoms with Crippen LogP contribution in [0.5, 0.6) is 0 Å². The Morgan fingerprint density at radius 1 is 1.27 bits per heavy atom. The summed E-state index contributed by atoms with van der Waals surface area (Å²) < 4.78 is 0. The van der Waals surface area contributed by atoms with E-state index in [0.717, 1.165) is 16.7 Å². The Labute approximate surface area is 149 Å². The van der Waals surface area contributed by atoms with Gasteiger partial charge < -0.3 is 16.4 Å². The molecule has 26 heavy (non-hydrogen) atoms. The number of fused-ring (bicyclic) bond motifs is 1. The Balaban J connectivity index is 1.94. The van der Waals surface area contributed by atoms with Crippen LogP contribution in [0.3, 0.4) is 0 Å². The molecular weight excluding hydrogens is 332 g/mol. The van der Waals surface area contributed by atoms with Gasteiger partial charge in [-0.05, 0) is 29.8 Å². The molecule has 8 heteroatoms. The van der Waals surface area contributed by atoms with E-state index in [0.29, 0.717) is 23.6 Å². The summed E-state index contributed by atoms with van der Waals surface area (Å²) in [5, 5.41) is 16.9. The van der Waals surface area contributed by atoms with Crippen molar-refractivity contribution in [3.8, 4) is 0 Å². The predicted octanol–water partition coefficient (Wildman–Crippen LogP) is 2.80. The number of nitrogens with two attached hydrogens (primary N) is 1. The third kappa shape index (κ3) is 3.76. The monoisotopic (exact) mass is 350 g/mol. The Kier molecular flexibility index (Phi) is 5.04. The first-order valence-corrected chi connectivity index (χ1v) is 7.96. The molecular formula is C18H18N6O2. The largest absolute Gasteiger partial charge is 0.394 e. The molecule has 0 aliphatic carbocycles. The zero-order valence-corrected chi connectivity index (χ0v) is 14.1. The number of hydrogen-bond donors (Lipinski definition) is 3. The highest BCUT2D eigenvalue weighted by molar-refractivity contribution is 5.81. The number of nitrogens with zero attached hydrogens (tertiary/aromatic N) is 3. The minimum Gasteiger partial charge on any atom is -0.394 e. The smallest absolute Gasteiger partial charge is 0.271 e. The van der Waals surface area contributed by atoms with Crippen molar-refractivity contribution in [2.24, 2.45) is 5.73 Å². The van der Waals surface area contributed by atoms with Crippen molar-refractivity contribution in [2.75, 3.05) is 18.9 Å². The number of aromatic nitrogens is 2. The lowest BCUT2D eigenvalue weighted by atomic mass is 10.1. The highest BCUT2D eigenvalue weighted by Gasteiger charge is 2.08. The van der Waals surface area contributed by atoms with E-state index in [2.05, 4.69) is 20.6 Å². The third-order valence-electron chi connectivity index (χ3n) is 3.78. The Morgan fingerprint density at radius 3 is 2.85 bits per heavy atom. The summed E-state index contributed by atoms with van der Waals surface area (Å²) in [7, 11) is 1.81. The number of hydrogen-bond acceptors (Lipinski definition) is 7. The van der Waals surface area contributed by atoms with Gasteiger partial charge in [0.15, 0.2) is 0 Å². The summed E-state index contributed by atoms with van der Waals surface area (Å²) >= 11 is 0. The van der Waals surface area contributed by atoms with Crippen LogP contribution in [0.2, 0.25) is 0 Å². The van der Waals surface area contributed by atoms with E-state index in [1.165, 1.54) is 12.1 Å². The molecule has 3 aromatic rings. The van der Waals surface area contributed by atoms with Crippen LogP contribution < -0.4 is 16.4 Å². The van der Waals surface area contributed by atoms with E-state index < -0.39 is 4.92 Å². The first-order chi connectivity index (χ1) is 12.6. The van der Waals surface area contributed by atoms with Gasteiger partial charge in [0.1, 0.15) is 5.82 Å². The normalized spacial score (nSPS) is 11.4. The maximum atomic E-state index is 10.9. The minimum atomic E-state index is -0.433. The number of nitro groups is 1. The molecule has 0 unspecified atom stereocenters. The molecule has 1 aromatic carbocycles. The summed E-state index contributed by atoms with van der Waals surface area (Å²) in [5.74, 6) is 0.573. The summed E-state index contributed by atoms with van der Waals surface area (Å²) in [6.07, 6.45) is 3.59. The van der Waals surface area contributed by atoms with Crippen molar-refractivity contribution in [3.63, 3.8) is 0 Å². The second-order valence-corrected chi connectivity index (χ2v) is 5.55. The molecule has 4 N–H and O–H groups in total. The molecule has 0 saturated carbocycles. The maximum absolute atomic E-state index is 10.9. The fourth-order valence-corrected chi connectivity index (χ4v) is 2.53. The molecule has 3 rings (SSSR count). The first-order valence-electron chi connectivity index (χ1n) is 7.96. The van der Waals surface area contributed by atoms with E-state index in [9.17, 15) is 10.1 Å². The van der Waals surface area contributed by atoms with Crippen molar-refractivity contribution >= 4 is 33.8 Å². The van der Waals surface area contributed by atoms with Gasteiger partial charge in [-0.2, -0.15) is 0 Å². The van der Waals surface area contributed by atoms with Crippen LogP contribution in [0.1, 0.15) is 5.56 Å². The molecule has 0 saturated heterocycles. The van der Waals surface area contributed by atoms with E-state index in [4.69, 9.17) is 5.73 Å². The van der Waals surface area contributed by atoms with Crippen molar-refractivity contribution in [3.05, 3.63) is 70.5 Å². The van der Waals surface area contributed by atoms with Gasteiger partial charge in [-0.25, -0.2) is 4.98 Å². The van der Waals surface area contributed by atoms with Gasteiger partial charge in [-0.1, -0.05) is 6.07 Å². The Morgan fingerprint density at radius 2 is 2.12 bits per heavy atom. The quantitative estimate of drug-likeness (QED) is 0.462. The standard InChI is InChI=1S/C18H18N6O2/c1-20-10-13(9-19)12-7-17-16(21-11-12)5-6-18(23-17)22-14-3-2-4-15(8-14)24(25)26/h2-8,10-11,20H,9,19H2,1H3,(H,22,23)/b13-10+. The number of rotatable bonds is 6. The number of nitro benzene ring substituents is 1. The molecule has 8 nitrogen and oxygen atoms in total. The van der Waals surface area contributed by atoms with Crippen molar-refractivity contribution in [1.82, 2.24) is 15.3 Å². The molecule has 0 aliphatic rings. The molecule has 0 atom stereocenters. The lowest BCUT2D eigenvalue weighted by Crippen LogP contribution is -2.07. The number of non-ortho nitro benzene ring substituents is 1. The first kappa shape index (κ1) is 17.3. The highest BCUT2D eigenvalue weighted by atomic mass is 16.6. The van der Waals surface area contributed by atoms with Gasteiger partial charge >= 0.3 is 0 Å². The minimum absolute atomic E-state index is 0.0181. The van der Waals surface area contributed by atoms with Gasteiger partial charge in [0.05, 0.1) is 16.0 Å². The highest BCUT2D eigenvalue weighted by Crippen LogP contribution is 2.23. The third-order valence-corrected chi connectivity index (χ3v) is 3.78. The fourth-order valence-electron chi connectivity index (χ4n) is 2.53. The van der Waals surface area contributed by atoms with Crippen LogP contribution in [0.25, 0.3) is 16.6 Å². The lowest BCUT2D eigenvalue weighted by Gasteiger charge is -2.09. The predicted molar refractivity (Wildman–Crippen MR) is 102 cm³/mol. The summed E-state index contributed by atoms with van der Waals surface area (Å²) in [6, 6.07) is 11.8. The van der Waals surface area contributed by atoms with Crippen LogP contribution in [0.15, 0.2) is 54.9 Å². The van der Waals surface area contributed by atoms with Crippen molar-refractivity contribution < 1.29 is 4.92 Å². The molecule has 0 amide bonds. The summed E-state index contributed by atoms with van der Waals surface area (Å²) in [6.45, 7) is 0.375. The van der Waals surface area contributed by atoms with Crippen LogP contribution in [-0.2, 0) is 0 Å². The number of anilines is 2. The zero-order chi connectivity index (χ0) is 18.5. The van der Waals surface area contributed by atoms with Gasteiger partial charge in [0.2, 0.25) is 0 Å². The maximum Gasteiger partial charge on any atom is 0.271 e. The second-order valence-electron chi connectivity index (χ2n) is 5.55. The summed E-state index contributed by atoms with van der Waals surface area (Å²) in [5.41, 5.74) is 9.64. The number of nitrogens with one attached hydrogen (secondary N) is 2. The average molecular weight is 350 g/mol. The fraction of sp³-hybridized carbons (Fsp3) is 0.111. The van der Waals surface area contributed by atoms with Gasteiger partial charge in [0.25, 0.3) is 5.69 Å². The Hall–Kier alpha value is -3.52. The molecule has 0 radical (unpaired) electrons. The Bertz CT molecular complexity index is 986. The lowest BCUT2D eigenvalue weighted by molar-refractivity contribution is -0.384. The number of pyridine rings is 2. The molecule has 132 valence electrons. The summed E-state index contributed by atoms with van der Waals surface area (Å²) in [4.78, 5) is 19.4. The molecule has 0 spiro atoms. The van der Waals surface area contributed by atoms with E-state index in [-0.39, 0.29) is 5.69 Å². The topological polar surface area (TPSA) is 119 Å².